The molecule has 0 N–H and O–H groups in total. The molecule has 2 fully saturated rings. The van der Waals surface area contributed by atoms with Crippen LogP contribution in [0.4, 0.5) is 10.5 Å². The van der Waals surface area contributed by atoms with Crippen molar-refractivity contribution in [2.75, 3.05) is 18.5 Å². The summed E-state index contributed by atoms with van der Waals surface area (Å²) in [6.07, 6.45) is 5.18. The first-order valence-corrected chi connectivity index (χ1v) is 9.45. The Bertz CT molecular complexity index is 769. The molecule has 0 bridgehead atoms. The molecule has 6 nitrogen and oxygen atoms in total. The van der Waals surface area contributed by atoms with Crippen LogP contribution >= 0.6 is 0 Å². The number of para-hydroxylation sites is 1. The van der Waals surface area contributed by atoms with E-state index in [0.29, 0.717) is 12.8 Å². The van der Waals surface area contributed by atoms with Crippen molar-refractivity contribution in [2.24, 2.45) is 0 Å². The van der Waals surface area contributed by atoms with Gasteiger partial charge in [-0.1, -0.05) is 37.5 Å². The number of hydrogen-bond acceptors (Lipinski definition) is 3. The van der Waals surface area contributed by atoms with Crippen LogP contribution in [-0.4, -0.2) is 52.8 Å². The number of benzene rings is 1. The topological polar surface area (TPSA) is 60.9 Å². The van der Waals surface area contributed by atoms with Crippen LogP contribution in [0.5, 0.6) is 0 Å². The lowest BCUT2D eigenvalue weighted by atomic mass is 9.81. The second-order valence-electron chi connectivity index (χ2n) is 7.77. The molecule has 6 heteroatoms. The van der Waals surface area contributed by atoms with Gasteiger partial charge in [0.1, 0.15) is 12.1 Å². The fourth-order valence-corrected chi connectivity index (χ4v) is 4.83. The first-order valence-electron chi connectivity index (χ1n) is 9.45. The van der Waals surface area contributed by atoms with Gasteiger partial charge in [-0.05, 0) is 37.8 Å². The molecule has 1 aromatic carbocycles. The molecule has 26 heavy (non-hydrogen) atoms. The summed E-state index contributed by atoms with van der Waals surface area (Å²) in [4.78, 5) is 43.3. The van der Waals surface area contributed by atoms with Crippen molar-refractivity contribution in [3.8, 4) is 0 Å². The Balaban J connectivity index is 1.57. The monoisotopic (exact) mass is 355 g/mol. The molecule has 4 rings (SSSR count). The largest absolute Gasteiger partial charge is 0.327 e. The Labute approximate surface area is 153 Å². The smallest absolute Gasteiger partial charge is 0.313 e. The van der Waals surface area contributed by atoms with Gasteiger partial charge in [0.15, 0.2) is 0 Å². The highest BCUT2D eigenvalue weighted by molar-refractivity contribution is 6.10. The highest BCUT2D eigenvalue weighted by Gasteiger charge is 2.56. The van der Waals surface area contributed by atoms with Crippen LogP contribution < -0.4 is 4.90 Å². The number of urea groups is 1. The number of imide groups is 1. The zero-order valence-electron chi connectivity index (χ0n) is 15.4. The zero-order valence-corrected chi connectivity index (χ0v) is 15.4. The molecular formula is C20H25N3O3. The molecule has 3 aliphatic rings. The number of fused-ring (bicyclic) bond motifs is 1. The van der Waals surface area contributed by atoms with E-state index in [1.54, 1.807) is 16.8 Å². The van der Waals surface area contributed by atoms with Crippen LogP contribution in [-0.2, 0) is 16.0 Å². The lowest BCUT2D eigenvalue weighted by Crippen LogP contribution is -2.50. The second-order valence-corrected chi connectivity index (χ2v) is 7.77. The molecule has 4 amide bonds. The summed E-state index contributed by atoms with van der Waals surface area (Å²) in [6, 6.07) is 7.53. The van der Waals surface area contributed by atoms with E-state index in [2.05, 4.69) is 0 Å². The number of anilines is 1. The Morgan fingerprint density at radius 2 is 1.85 bits per heavy atom. The van der Waals surface area contributed by atoms with Crippen LogP contribution in [0.15, 0.2) is 24.3 Å². The number of carbonyl (C=O) groups is 3. The summed E-state index contributed by atoms with van der Waals surface area (Å²) in [7, 11) is 1.70. The van der Waals surface area contributed by atoms with E-state index in [9.17, 15) is 14.4 Å². The Kier molecular flexibility index (Phi) is 4.01. The minimum absolute atomic E-state index is 0.0362. The van der Waals surface area contributed by atoms with Gasteiger partial charge in [-0.25, -0.2) is 4.79 Å². The van der Waals surface area contributed by atoms with Gasteiger partial charge >= 0.3 is 6.03 Å². The van der Waals surface area contributed by atoms with Gasteiger partial charge in [0.2, 0.25) is 5.91 Å². The fourth-order valence-electron chi connectivity index (χ4n) is 4.83. The molecule has 2 aliphatic heterocycles. The van der Waals surface area contributed by atoms with Gasteiger partial charge in [-0.15, -0.1) is 0 Å². The number of amides is 4. The summed E-state index contributed by atoms with van der Waals surface area (Å²) >= 11 is 0. The van der Waals surface area contributed by atoms with Crippen molar-refractivity contribution in [2.45, 2.75) is 57.0 Å². The van der Waals surface area contributed by atoms with Crippen molar-refractivity contribution >= 4 is 23.5 Å². The van der Waals surface area contributed by atoms with Crippen LogP contribution in [0.3, 0.4) is 0 Å². The number of nitrogens with zero attached hydrogens (tertiary/aromatic N) is 3. The molecule has 0 unspecified atom stereocenters. The Morgan fingerprint density at radius 3 is 2.58 bits per heavy atom. The summed E-state index contributed by atoms with van der Waals surface area (Å²) in [5.74, 6) is -0.386. The third-order valence-electron chi connectivity index (χ3n) is 6.25. The first-order chi connectivity index (χ1) is 12.5. The molecular weight excluding hydrogens is 330 g/mol. The number of likely N-dealkylation sites (N-methyl/N-ethyl adjacent to an activating group) is 1. The Hall–Kier alpha value is -2.37. The molecule has 1 saturated carbocycles. The summed E-state index contributed by atoms with van der Waals surface area (Å²) in [6.45, 7) is 1.82. The van der Waals surface area contributed by atoms with Crippen LogP contribution in [0.1, 0.15) is 44.6 Å². The van der Waals surface area contributed by atoms with Crippen molar-refractivity contribution in [3.05, 3.63) is 29.8 Å². The standard InChI is InChI=1S/C20H25N3O3/c1-14-12-15-8-4-5-9-16(15)23(14)17(24)13-22-18(25)20(21(2)19(22)26)10-6-3-7-11-20/h4-5,8-9,14H,3,6-7,10-13H2,1-2H3/t14-/m0/s1. The Morgan fingerprint density at radius 1 is 1.15 bits per heavy atom. The molecule has 1 saturated heterocycles. The molecule has 1 aromatic rings. The van der Waals surface area contributed by atoms with Crippen molar-refractivity contribution in [3.63, 3.8) is 0 Å². The van der Waals surface area contributed by atoms with Crippen LogP contribution in [0, 0.1) is 0 Å². The van der Waals surface area contributed by atoms with E-state index in [1.807, 2.05) is 31.2 Å². The average Bonchev–Trinajstić information content (AvgIpc) is 3.06. The average molecular weight is 355 g/mol. The van der Waals surface area contributed by atoms with Crippen molar-refractivity contribution in [1.82, 2.24) is 9.80 Å². The minimum atomic E-state index is -0.732. The highest BCUT2D eigenvalue weighted by Crippen LogP contribution is 2.40. The van der Waals surface area contributed by atoms with Crippen LogP contribution in [0.25, 0.3) is 0 Å². The van der Waals surface area contributed by atoms with E-state index in [0.717, 1.165) is 36.9 Å². The van der Waals surface area contributed by atoms with Crippen molar-refractivity contribution in [1.29, 1.82) is 0 Å². The molecule has 0 aromatic heterocycles. The van der Waals surface area contributed by atoms with Crippen LogP contribution in [0.2, 0.25) is 0 Å². The molecule has 138 valence electrons. The van der Waals surface area contributed by atoms with Gasteiger partial charge in [0.25, 0.3) is 5.91 Å². The molecule has 1 spiro atoms. The van der Waals surface area contributed by atoms with Crippen molar-refractivity contribution < 1.29 is 14.4 Å². The maximum atomic E-state index is 13.1. The van der Waals surface area contributed by atoms with Gasteiger partial charge in [-0.2, -0.15) is 0 Å². The van der Waals surface area contributed by atoms with Gasteiger partial charge in [-0.3, -0.25) is 14.5 Å². The summed E-state index contributed by atoms with van der Waals surface area (Å²) in [5.41, 5.74) is 1.29. The number of hydrogen-bond donors (Lipinski definition) is 0. The van der Waals surface area contributed by atoms with Gasteiger partial charge < -0.3 is 9.80 Å². The maximum absolute atomic E-state index is 13.1. The highest BCUT2D eigenvalue weighted by atomic mass is 16.2. The fraction of sp³-hybridized carbons (Fsp3) is 0.550. The summed E-state index contributed by atoms with van der Waals surface area (Å²) in [5, 5.41) is 0. The maximum Gasteiger partial charge on any atom is 0.327 e. The first kappa shape index (κ1) is 17.1. The predicted molar refractivity (Wildman–Crippen MR) is 97.8 cm³/mol. The second kappa shape index (κ2) is 6.11. The number of carbonyl (C=O) groups excluding carboxylic acids is 3. The lowest BCUT2D eigenvalue weighted by Gasteiger charge is -2.35. The zero-order chi connectivity index (χ0) is 18.5. The quantitative estimate of drug-likeness (QED) is 0.766. The summed E-state index contributed by atoms with van der Waals surface area (Å²) < 4.78 is 0. The molecule has 1 atom stereocenters. The van der Waals surface area contributed by atoms with E-state index in [4.69, 9.17) is 0 Å². The van der Waals surface area contributed by atoms with Gasteiger partial charge in [0, 0.05) is 18.8 Å². The molecule has 1 aliphatic carbocycles. The van der Waals surface area contributed by atoms with E-state index in [-0.39, 0.29) is 30.4 Å². The van der Waals surface area contributed by atoms with E-state index >= 15 is 0 Å². The SMILES string of the molecule is C[C@H]1Cc2ccccc2N1C(=O)CN1C(=O)N(C)C2(CCCCC2)C1=O. The van der Waals surface area contributed by atoms with E-state index < -0.39 is 5.54 Å². The normalized spacial score (nSPS) is 24.5. The lowest BCUT2D eigenvalue weighted by molar-refractivity contribution is -0.136. The predicted octanol–water partition coefficient (Wildman–Crippen LogP) is 2.56. The third kappa shape index (κ3) is 2.35. The number of rotatable bonds is 2. The minimum Gasteiger partial charge on any atom is -0.313 e. The third-order valence-corrected chi connectivity index (χ3v) is 6.25. The van der Waals surface area contributed by atoms with Gasteiger partial charge in [0.05, 0.1) is 0 Å². The van der Waals surface area contributed by atoms with E-state index in [1.165, 1.54) is 4.90 Å². The molecule has 2 heterocycles. The molecule has 0 radical (unpaired) electrons.